The highest BCUT2D eigenvalue weighted by Gasteiger charge is 2.44. The molecular weight excluding hydrogens is 328 g/mol. The minimum Gasteiger partial charge on any atom is -0.355 e. The minimum absolute atomic E-state index is 0.00263. The summed E-state index contributed by atoms with van der Waals surface area (Å²) in [5.74, 6) is -3.37. The lowest BCUT2D eigenvalue weighted by molar-refractivity contribution is -0.187. The van der Waals surface area contributed by atoms with Gasteiger partial charge in [0.1, 0.15) is 5.82 Å². The maximum atomic E-state index is 13.5. The van der Waals surface area contributed by atoms with Crippen LogP contribution in [-0.4, -0.2) is 42.5 Å². The van der Waals surface area contributed by atoms with E-state index in [-0.39, 0.29) is 31.9 Å². The number of carbonyl (C=O) groups excluding carboxylic acids is 2. The van der Waals surface area contributed by atoms with E-state index in [0.717, 1.165) is 0 Å². The molecule has 2 rings (SSSR count). The molecule has 1 unspecified atom stereocenters. The molecular formula is C16H18F4N2O2. The summed E-state index contributed by atoms with van der Waals surface area (Å²) in [6.45, 7) is -0.0648. The molecule has 1 aromatic rings. The Bertz CT molecular complexity index is 604. The first-order valence-electron chi connectivity index (χ1n) is 7.66. The summed E-state index contributed by atoms with van der Waals surface area (Å²) in [4.78, 5) is 24.0. The molecule has 0 aliphatic carbocycles. The molecule has 0 aromatic heterocycles. The number of alkyl halides is 3. The second-order valence-electron chi connectivity index (χ2n) is 5.72. The molecule has 1 aliphatic heterocycles. The van der Waals surface area contributed by atoms with Crippen molar-refractivity contribution in [1.29, 1.82) is 0 Å². The first-order valence-corrected chi connectivity index (χ1v) is 7.66. The van der Waals surface area contributed by atoms with Crippen LogP contribution < -0.4 is 5.32 Å². The van der Waals surface area contributed by atoms with Gasteiger partial charge >= 0.3 is 12.1 Å². The Labute approximate surface area is 136 Å². The third kappa shape index (κ3) is 4.69. The Balaban J connectivity index is 1.84. The fraction of sp³-hybridized carbons (Fsp3) is 0.500. The van der Waals surface area contributed by atoms with Crippen molar-refractivity contribution in [2.75, 3.05) is 19.6 Å². The molecule has 2 amide bonds. The second-order valence-corrected chi connectivity index (χ2v) is 5.72. The summed E-state index contributed by atoms with van der Waals surface area (Å²) in [5, 5.41) is 2.60. The third-order valence-corrected chi connectivity index (χ3v) is 3.97. The van der Waals surface area contributed by atoms with E-state index in [1.54, 1.807) is 18.2 Å². The number of benzene rings is 1. The van der Waals surface area contributed by atoms with E-state index in [4.69, 9.17) is 0 Å². The van der Waals surface area contributed by atoms with E-state index in [2.05, 4.69) is 5.32 Å². The van der Waals surface area contributed by atoms with Crippen LogP contribution in [0.2, 0.25) is 0 Å². The molecule has 1 heterocycles. The lowest BCUT2D eigenvalue weighted by Gasteiger charge is -2.32. The van der Waals surface area contributed by atoms with E-state index < -0.39 is 23.9 Å². The predicted molar refractivity (Wildman–Crippen MR) is 78.5 cm³/mol. The zero-order valence-electron chi connectivity index (χ0n) is 12.9. The van der Waals surface area contributed by atoms with Crippen molar-refractivity contribution in [3.05, 3.63) is 35.6 Å². The highest BCUT2D eigenvalue weighted by atomic mass is 19.4. The van der Waals surface area contributed by atoms with Crippen LogP contribution in [0.1, 0.15) is 18.4 Å². The van der Waals surface area contributed by atoms with Crippen LogP contribution >= 0.6 is 0 Å². The summed E-state index contributed by atoms with van der Waals surface area (Å²) < 4.78 is 50.8. The SMILES string of the molecule is O=C(NCCc1ccccc1F)C1CCCN(C(=O)C(F)(F)F)C1. The van der Waals surface area contributed by atoms with Gasteiger partial charge in [-0.3, -0.25) is 9.59 Å². The van der Waals surface area contributed by atoms with Gasteiger partial charge in [0.05, 0.1) is 5.92 Å². The molecule has 24 heavy (non-hydrogen) atoms. The van der Waals surface area contributed by atoms with Crippen LogP contribution in [0.5, 0.6) is 0 Å². The van der Waals surface area contributed by atoms with Gasteiger partial charge in [-0.05, 0) is 30.9 Å². The number of hydrogen-bond donors (Lipinski definition) is 1. The first kappa shape index (κ1) is 18.2. The van der Waals surface area contributed by atoms with Crippen molar-refractivity contribution in [3.63, 3.8) is 0 Å². The maximum absolute atomic E-state index is 13.5. The van der Waals surface area contributed by atoms with Crippen molar-refractivity contribution in [1.82, 2.24) is 10.2 Å². The van der Waals surface area contributed by atoms with Crippen LogP contribution in [0.4, 0.5) is 17.6 Å². The first-order chi connectivity index (χ1) is 11.3. The zero-order valence-corrected chi connectivity index (χ0v) is 12.9. The largest absolute Gasteiger partial charge is 0.471 e. The van der Waals surface area contributed by atoms with Gasteiger partial charge < -0.3 is 10.2 Å². The highest BCUT2D eigenvalue weighted by Crippen LogP contribution is 2.23. The van der Waals surface area contributed by atoms with Crippen molar-refractivity contribution in [2.45, 2.75) is 25.4 Å². The van der Waals surface area contributed by atoms with Gasteiger partial charge in [-0.1, -0.05) is 18.2 Å². The predicted octanol–water partition coefficient (Wildman–Crippen LogP) is 2.29. The number of nitrogens with zero attached hydrogens (tertiary/aromatic N) is 1. The van der Waals surface area contributed by atoms with E-state index in [1.807, 2.05) is 0 Å². The van der Waals surface area contributed by atoms with Gasteiger partial charge in [-0.2, -0.15) is 13.2 Å². The molecule has 8 heteroatoms. The van der Waals surface area contributed by atoms with Gasteiger partial charge in [-0.25, -0.2) is 4.39 Å². The van der Waals surface area contributed by atoms with Crippen LogP contribution in [0, 0.1) is 11.7 Å². The average molecular weight is 346 g/mol. The lowest BCUT2D eigenvalue weighted by Crippen LogP contribution is -2.49. The summed E-state index contributed by atoms with van der Waals surface area (Å²) in [7, 11) is 0. The average Bonchev–Trinajstić information content (AvgIpc) is 2.55. The van der Waals surface area contributed by atoms with Gasteiger partial charge in [0.2, 0.25) is 5.91 Å². The van der Waals surface area contributed by atoms with Crippen molar-refractivity contribution >= 4 is 11.8 Å². The quantitative estimate of drug-likeness (QED) is 0.851. The van der Waals surface area contributed by atoms with Crippen LogP contribution in [0.3, 0.4) is 0 Å². The number of amides is 2. The van der Waals surface area contributed by atoms with Crippen molar-refractivity contribution in [3.8, 4) is 0 Å². The molecule has 132 valence electrons. The molecule has 0 spiro atoms. The van der Waals surface area contributed by atoms with Gasteiger partial charge in [0, 0.05) is 19.6 Å². The molecule has 4 nitrogen and oxygen atoms in total. The molecule has 1 saturated heterocycles. The second kappa shape index (κ2) is 7.63. The molecule has 1 N–H and O–H groups in total. The van der Waals surface area contributed by atoms with Gasteiger partial charge in [0.15, 0.2) is 0 Å². The van der Waals surface area contributed by atoms with Crippen LogP contribution in [-0.2, 0) is 16.0 Å². The Morgan fingerprint density at radius 3 is 2.62 bits per heavy atom. The molecule has 0 radical (unpaired) electrons. The molecule has 1 aliphatic rings. The molecule has 0 saturated carbocycles. The molecule has 1 fully saturated rings. The number of rotatable bonds is 4. The number of halogens is 4. The topological polar surface area (TPSA) is 49.4 Å². The molecule has 1 aromatic carbocycles. The Morgan fingerprint density at radius 2 is 1.96 bits per heavy atom. The zero-order chi connectivity index (χ0) is 17.7. The van der Waals surface area contributed by atoms with E-state index in [1.165, 1.54) is 6.07 Å². The maximum Gasteiger partial charge on any atom is 0.471 e. The number of piperidine rings is 1. The Kier molecular flexibility index (Phi) is 5.80. The number of likely N-dealkylation sites (tertiary alicyclic amines) is 1. The fourth-order valence-electron chi connectivity index (χ4n) is 2.72. The van der Waals surface area contributed by atoms with E-state index in [0.29, 0.717) is 23.3 Å². The summed E-state index contributed by atoms with van der Waals surface area (Å²) in [6.07, 6.45) is -3.88. The molecule has 0 bridgehead atoms. The highest BCUT2D eigenvalue weighted by molar-refractivity contribution is 5.84. The summed E-state index contributed by atoms with van der Waals surface area (Å²) in [5.41, 5.74) is 0.454. The number of hydrogen-bond acceptors (Lipinski definition) is 2. The normalized spacial score (nSPS) is 18.3. The Hall–Kier alpha value is -2.12. The van der Waals surface area contributed by atoms with Gasteiger partial charge in [0.25, 0.3) is 0 Å². The van der Waals surface area contributed by atoms with E-state index in [9.17, 15) is 27.2 Å². The number of nitrogens with one attached hydrogen (secondary N) is 1. The third-order valence-electron chi connectivity index (χ3n) is 3.97. The fourth-order valence-corrected chi connectivity index (χ4v) is 2.72. The minimum atomic E-state index is -4.93. The molecule has 1 atom stereocenters. The number of carbonyl (C=O) groups is 2. The van der Waals surface area contributed by atoms with Crippen LogP contribution in [0.15, 0.2) is 24.3 Å². The summed E-state index contributed by atoms with van der Waals surface area (Å²) >= 11 is 0. The van der Waals surface area contributed by atoms with E-state index >= 15 is 0 Å². The van der Waals surface area contributed by atoms with Crippen LogP contribution in [0.25, 0.3) is 0 Å². The van der Waals surface area contributed by atoms with Crippen molar-refractivity contribution in [2.24, 2.45) is 5.92 Å². The Morgan fingerprint density at radius 1 is 1.25 bits per heavy atom. The van der Waals surface area contributed by atoms with Gasteiger partial charge in [-0.15, -0.1) is 0 Å². The van der Waals surface area contributed by atoms with Crippen molar-refractivity contribution < 1.29 is 27.2 Å². The smallest absolute Gasteiger partial charge is 0.355 e. The standard InChI is InChI=1S/C16H18F4N2O2/c17-13-6-2-1-4-11(13)7-8-21-14(23)12-5-3-9-22(10-12)15(24)16(18,19)20/h1-2,4,6,12H,3,5,7-10H2,(H,21,23). The monoisotopic (exact) mass is 346 g/mol. The lowest BCUT2D eigenvalue weighted by atomic mass is 9.97. The summed E-state index contributed by atoms with van der Waals surface area (Å²) in [6, 6.07) is 6.17.